The van der Waals surface area contributed by atoms with Gasteiger partial charge in [0.25, 0.3) is 0 Å². The molecule has 3 aromatic carbocycles. The summed E-state index contributed by atoms with van der Waals surface area (Å²) >= 11 is 14.2. The third-order valence-corrected chi connectivity index (χ3v) is 6.50. The largest absolute Gasteiger partial charge is 0.488 e. The Bertz CT molecular complexity index is 1320. The first-order chi connectivity index (χ1) is 16.6. The maximum Gasteiger partial charge on any atom is 0.367 e. The van der Waals surface area contributed by atoms with Gasteiger partial charge in [0, 0.05) is 27.2 Å². The minimum Gasteiger partial charge on any atom is -0.488 e. The molecule has 0 fully saturated rings. The minimum absolute atomic E-state index is 0.249. The van der Waals surface area contributed by atoms with Crippen molar-refractivity contribution in [3.63, 3.8) is 0 Å². The lowest BCUT2D eigenvalue weighted by molar-refractivity contribution is 0.0518. The molecule has 4 nitrogen and oxygen atoms in total. The van der Waals surface area contributed by atoms with Crippen LogP contribution in [0.2, 0.25) is 10.0 Å². The number of nitrogens with zero attached hydrogens (tertiary/aromatic N) is 1. The van der Waals surface area contributed by atoms with Gasteiger partial charge >= 0.3 is 5.97 Å². The molecule has 4 aromatic rings. The first kappa shape index (κ1) is 24.0. The molecule has 0 N–H and O–H groups in total. The number of rotatable bonds is 8. The molecule has 34 heavy (non-hydrogen) atoms. The van der Waals surface area contributed by atoms with E-state index < -0.39 is 5.97 Å². The van der Waals surface area contributed by atoms with Crippen molar-refractivity contribution in [3.8, 4) is 27.3 Å². The van der Waals surface area contributed by atoms with Gasteiger partial charge in [-0.05, 0) is 59.3 Å². The van der Waals surface area contributed by atoms with Crippen molar-refractivity contribution in [2.45, 2.75) is 20.0 Å². The maximum atomic E-state index is 12.5. The number of ether oxygens (including phenoxy) is 1. The van der Waals surface area contributed by atoms with E-state index >= 15 is 0 Å². The summed E-state index contributed by atoms with van der Waals surface area (Å²) < 4.78 is 6.16. The summed E-state index contributed by atoms with van der Waals surface area (Å²) in [7, 11) is 0. The fourth-order valence-corrected chi connectivity index (χ4v) is 4.63. The van der Waals surface area contributed by atoms with Crippen LogP contribution in [0.15, 0.2) is 83.3 Å². The molecule has 0 saturated heterocycles. The second-order valence-electron chi connectivity index (χ2n) is 7.35. The molecule has 1 aromatic heterocycles. The molecule has 0 atom stereocenters. The van der Waals surface area contributed by atoms with E-state index in [1.54, 1.807) is 23.5 Å². The van der Waals surface area contributed by atoms with Crippen LogP contribution >= 0.6 is 34.5 Å². The van der Waals surface area contributed by atoms with E-state index in [0.29, 0.717) is 23.1 Å². The van der Waals surface area contributed by atoms with Crippen LogP contribution in [-0.4, -0.2) is 12.2 Å². The molecule has 0 saturated carbocycles. The van der Waals surface area contributed by atoms with E-state index in [2.05, 4.69) is 5.16 Å². The summed E-state index contributed by atoms with van der Waals surface area (Å²) in [5.41, 5.74) is 3.96. The fraction of sp³-hybridized carbons (Fsp3) is 0.111. The molecular weight excluding hydrogens is 489 g/mol. The van der Waals surface area contributed by atoms with Crippen LogP contribution in [-0.2, 0) is 11.4 Å². The van der Waals surface area contributed by atoms with Crippen molar-refractivity contribution in [1.29, 1.82) is 0 Å². The summed E-state index contributed by atoms with van der Waals surface area (Å²) in [5, 5.41) is 6.56. The van der Waals surface area contributed by atoms with Crippen molar-refractivity contribution in [3.05, 3.63) is 99.3 Å². The highest BCUT2D eigenvalue weighted by Crippen LogP contribution is 2.42. The Morgan fingerprint density at radius 3 is 2.62 bits per heavy atom. The van der Waals surface area contributed by atoms with Gasteiger partial charge in [0.15, 0.2) is 0 Å². The smallest absolute Gasteiger partial charge is 0.367 e. The van der Waals surface area contributed by atoms with Gasteiger partial charge in [-0.2, -0.15) is 0 Å². The Morgan fingerprint density at radius 1 is 1.00 bits per heavy atom. The quantitative estimate of drug-likeness (QED) is 0.136. The van der Waals surface area contributed by atoms with Gasteiger partial charge in [-0.3, -0.25) is 0 Å². The molecule has 0 radical (unpaired) electrons. The van der Waals surface area contributed by atoms with Crippen LogP contribution < -0.4 is 4.74 Å². The van der Waals surface area contributed by atoms with Crippen molar-refractivity contribution in [1.82, 2.24) is 0 Å². The maximum absolute atomic E-state index is 12.5. The van der Waals surface area contributed by atoms with E-state index in [9.17, 15) is 4.79 Å². The molecule has 0 aliphatic heterocycles. The second-order valence-corrected chi connectivity index (χ2v) is 9.11. The lowest BCUT2D eigenvalue weighted by Crippen LogP contribution is -2.02. The van der Waals surface area contributed by atoms with Gasteiger partial charge in [0.05, 0.1) is 10.6 Å². The average molecular weight is 510 g/mol. The van der Waals surface area contributed by atoms with Crippen LogP contribution in [0, 0.1) is 0 Å². The lowest BCUT2D eigenvalue weighted by Gasteiger charge is -2.14. The normalized spacial score (nSPS) is 11.0. The zero-order chi connectivity index (χ0) is 23.9. The second kappa shape index (κ2) is 11.3. The number of hydrogen-bond donors (Lipinski definition) is 0. The third kappa shape index (κ3) is 5.68. The van der Waals surface area contributed by atoms with Gasteiger partial charge < -0.3 is 9.57 Å². The Kier molecular flexibility index (Phi) is 8.01. The first-order valence-corrected chi connectivity index (χ1v) is 12.3. The number of thiophene rings is 1. The number of halogens is 2. The van der Waals surface area contributed by atoms with E-state index in [-0.39, 0.29) is 5.56 Å². The monoisotopic (exact) mass is 509 g/mol. The predicted octanol–water partition coefficient (Wildman–Crippen LogP) is 8.52. The molecule has 4 rings (SSSR count). The summed E-state index contributed by atoms with van der Waals surface area (Å²) in [6.45, 7) is 2.33. The summed E-state index contributed by atoms with van der Waals surface area (Å²) in [6.07, 6.45) is 2.18. The fourth-order valence-electron chi connectivity index (χ4n) is 3.35. The molecule has 7 heteroatoms. The average Bonchev–Trinajstić information content (AvgIpc) is 3.34. The number of oxime groups is 1. The van der Waals surface area contributed by atoms with Gasteiger partial charge in [0.2, 0.25) is 0 Å². The summed E-state index contributed by atoms with van der Waals surface area (Å²) in [4.78, 5) is 18.4. The minimum atomic E-state index is -0.607. The SMILES string of the molecule is CCC=NOC(=O)c1cc(-c2sccc2-c2cc(Cl)ccc2OCc2ccccc2)ccc1Cl. The van der Waals surface area contributed by atoms with Gasteiger partial charge in [-0.15, -0.1) is 11.3 Å². The molecule has 0 unspecified atom stereocenters. The van der Waals surface area contributed by atoms with Crippen molar-refractivity contribution >= 4 is 46.7 Å². The van der Waals surface area contributed by atoms with Gasteiger partial charge in [-0.25, -0.2) is 4.79 Å². The van der Waals surface area contributed by atoms with Crippen LogP contribution in [0.25, 0.3) is 21.6 Å². The lowest BCUT2D eigenvalue weighted by atomic mass is 10.0. The van der Waals surface area contributed by atoms with Crippen LogP contribution in [0.4, 0.5) is 0 Å². The van der Waals surface area contributed by atoms with E-state index in [1.807, 2.05) is 73.0 Å². The van der Waals surface area contributed by atoms with Crippen LogP contribution in [0.3, 0.4) is 0 Å². The Labute approximate surface area is 212 Å². The molecule has 1 heterocycles. The molecule has 0 aliphatic rings. The van der Waals surface area contributed by atoms with E-state index in [1.165, 1.54) is 6.21 Å². The Hall–Kier alpha value is -3.12. The van der Waals surface area contributed by atoms with Crippen molar-refractivity contribution < 1.29 is 14.4 Å². The van der Waals surface area contributed by atoms with Crippen molar-refractivity contribution in [2.75, 3.05) is 0 Å². The number of carbonyl (C=O) groups excluding carboxylic acids is 1. The molecule has 0 spiro atoms. The van der Waals surface area contributed by atoms with Crippen LogP contribution in [0.1, 0.15) is 29.3 Å². The highest BCUT2D eigenvalue weighted by Gasteiger charge is 2.18. The Balaban J connectivity index is 1.68. The highest BCUT2D eigenvalue weighted by atomic mass is 35.5. The summed E-state index contributed by atoms with van der Waals surface area (Å²) in [6, 6.07) is 22.8. The topological polar surface area (TPSA) is 47.9 Å². The third-order valence-electron chi connectivity index (χ3n) is 4.98. The van der Waals surface area contributed by atoms with Crippen LogP contribution in [0.5, 0.6) is 5.75 Å². The standard InChI is InChI=1S/C27H21Cl2NO3S/c1-2-13-30-33-27(31)23-15-19(8-10-24(23)29)26-21(12-14-34-26)22-16-20(28)9-11-25(22)32-17-18-6-4-3-5-7-18/h3-16H,2,17H2,1H3. The van der Waals surface area contributed by atoms with Gasteiger partial charge in [0.1, 0.15) is 12.4 Å². The van der Waals surface area contributed by atoms with E-state index in [4.69, 9.17) is 32.8 Å². The Morgan fingerprint density at radius 2 is 1.82 bits per heavy atom. The van der Waals surface area contributed by atoms with Crippen molar-refractivity contribution in [2.24, 2.45) is 5.16 Å². The molecule has 172 valence electrons. The number of benzene rings is 3. The number of carbonyl (C=O) groups is 1. The molecule has 0 bridgehead atoms. The van der Waals surface area contributed by atoms with Gasteiger partial charge in [-0.1, -0.05) is 71.7 Å². The number of hydrogen-bond acceptors (Lipinski definition) is 5. The first-order valence-electron chi connectivity index (χ1n) is 10.6. The van der Waals surface area contributed by atoms with E-state index in [0.717, 1.165) is 32.9 Å². The molecule has 0 aliphatic carbocycles. The zero-order valence-corrected chi connectivity index (χ0v) is 20.7. The predicted molar refractivity (Wildman–Crippen MR) is 140 cm³/mol. The molecular formula is C27H21Cl2NO3S. The summed E-state index contributed by atoms with van der Waals surface area (Å²) in [5.74, 6) is 0.111. The zero-order valence-electron chi connectivity index (χ0n) is 18.3. The highest BCUT2D eigenvalue weighted by molar-refractivity contribution is 7.14. The molecule has 0 amide bonds.